The van der Waals surface area contributed by atoms with Crippen LogP contribution >= 0.6 is 0 Å². The Morgan fingerprint density at radius 1 is 0.833 bits per heavy atom. The van der Waals surface area contributed by atoms with E-state index in [0.717, 1.165) is 40.4 Å². The van der Waals surface area contributed by atoms with Gasteiger partial charge < -0.3 is 4.90 Å². The lowest BCUT2D eigenvalue weighted by Crippen LogP contribution is -2.08. The van der Waals surface area contributed by atoms with E-state index in [-0.39, 0.29) is 0 Å². The quantitative estimate of drug-likeness (QED) is 0.444. The largest absolute Gasteiger partial charge is 0.378 e. The fourth-order valence-corrected chi connectivity index (χ4v) is 3.55. The highest BCUT2D eigenvalue weighted by Gasteiger charge is 2.11. The standard InChI is InChI=1S/C24H22N6/c1-28(2)21-10-6-9-19(11-21)23-13-26-24-14-25-22(17-30(23)24)20-12-27-29(16-20)15-18-7-4-3-5-8-18/h3-14,16-17H,15H2,1-2H3. The summed E-state index contributed by atoms with van der Waals surface area (Å²) in [6.45, 7) is 0.733. The van der Waals surface area contributed by atoms with Crippen molar-refractivity contribution in [2.24, 2.45) is 0 Å². The van der Waals surface area contributed by atoms with E-state index < -0.39 is 0 Å². The summed E-state index contributed by atoms with van der Waals surface area (Å²) in [7, 11) is 4.09. The summed E-state index contributed by atoms with van der Waals surface area (Å²) in [5.74, 6) is 0. The number of rotatable bonds is 5. The highest BCUT2D eigenvalue weighted by atomic mass is 15.3. The first kappa shape index (κ1) is 18.1. The molecule has 6 heteroatoms. The van der Waals surface area contributed by atoms with Gasteiger partial charge in [-0.15, -0.1) is 0 Å². The zero-order valence-electron chi connectivity index (χ0n) is 17.0. The highest BCUT2D eigenvalue weighted by molar-refractivity contribution is 5.69. The molecule has 0 fully saturated rings. The predicted molar refractivity (Wildman–Crippen MR) is 120 cm³/mol. The molecule has 0 saturated carbocycles. The van der Waals surface area contributed by atoms with Crippen LogP contribution < -0.4 is 4.90 Å². The van der Waals surface area contributed by atoms with Gasteiger partial charge in [-0.2, -0.15) is 5.10 Å². The van der Waals surface area contributed by atoms with Crippen molar-refractivity contribution in [3.8, 4) is 22.5 Å². The summed E-state index contributed by atoms with van der Waals surface area (Å²) < 4.78 is 4.03. The van der Waals surface area contributed by atoms with E-state index in [1.165, 1.54) is 5.56 Å². The molecule has 0 aliphatic heterocycles. The van der Waals surface area contributed by atoms with Gasteiger partial charge in [0.05, 0.1) is 36.5 Å². The van der Waals surface area contributed by atoms with Gasteiger partial charge in [0, 0.05) is 43.3 Å². The van der Waals surface area contributed by atoms with Crippen molar-refractivity contribution < 1.29 is 0 Å². The minimum atomic E-state index is 0.733. The summed E-state index contributed by atoms with van der Waals surface area (Å²) >= 11 is 0. The molecule has 3 heterocycles. The maximum Gasteiger partial charge on any atom is 0.155 e. The van der Waals surface area contributed by atoms with Crippen LogP contribution in [-0.2, 0) is 6.54 Å². The minimum Gasteiger partial charge on any atom is -0.378 e. The van der Waals surface area contributed by atoms with Gasteiger partial charge in [0.2, 0.25) is 0 Å². The molecule has 0 atom stereocenters. The highest BCUT2D eigenvalue weighted by Crippen LogP contribution is 2.26. The maximum absolute atomic E-state index is 4.61. The Balaban J connectivity index is 1.50. The fraction of sp³-hybridized carbons (Fsp3) is 0.125. The minimum absolute atomic E-state index is 0.733. The van der Waals surface area contributed by atoms with E-state index >= 15 is 0 Å². The van der Waals surface area contributed by atoms with Crippen LogP contribution in [0.2, 0.25) is 0 Å². The molecule has 0 aliphatic carbocycles. The monoisotopic (exact) mass is 394 g/mol. The zero-order chi connectivity index (χ0) is 20.5. The van der Waals surface area contributed by atoms with Gasteiger partial charge in [0.25, 0.3) is 0 Å². The first-order valence-electron chi connectivity index (χ1n) is 9.85. The number of imidazole rings is 1. The Kier molecular flexibility index (Phi) is 4.52. The predicted octanol–water partition coefficient (Wildman–Crippen LogP) is 4.37. The van der Waals surface area contributed by atoms with Crippen LogP contribution in [-0.4, -0.2) is 38.2 Å². The van der Waals surface area contributed by atoms with Crippen molar-refractivity contribution in [3.63, 3.8) is 0 Å². The van der Waals surface area contributed by atoms with Gasteiger partial charge in [-0.3, -0.25) is 14.1 Å². The van der Waals surface area contributed by atoms with E-state index in [4.69, 9.17) is 0 Å². The summed E-state index contributed by atoms with van der Waals surface area (Å²) in [5.41, 5.74) is 7.19. The smallest absolute Gasteiger partial charge is 0.155 e. The topological polar surface area (TPSA) is 51.2 Å². The third-order valence-electron chi connectivity index (χ3n) is 5.17. The second kappa shape index (κ2) is 7.48. The molecule has 0 radical (unpaired) electrons. The van der Waals surface area contributed by atoms with Gasteiger partial charge in [-0.05, 0) is 17.7 Å². The van der Waals surface area contributed by atoms with Crippen molar-refractivity contribution in [2.75, 3.05) is 19.0 Å². The molecule has 0 bridgehead atoms. The third kappa shape index (κ3) is 3.43. The molecular weight excluding hydrogens is 372 g/mol. The molecule has 6 nitrogen and oxygen atoms in total. The van der Waals surface area contributed by atoms with E-state index in [2.05, 4.69) is 60.8 Å². The lowest BCUT2D eigenvalue weighted by Gasteiger charge is -2.13. The van der Waals surface area contributed by atoms with Crippen LogP contribution in [0.1, 0.15) is 5.56 Å². The van der Waals surface area contributed by atoms with E-state index in [9.17, 15) is 0 Å². The number of anilines is 1. The SMILES string of the molecule is CN(C)c1cccc(-c2cnc3cnc(-c4cnn(Cc5ccccc5)c4)cn23)c1. The average Bonchev–Trinajstić information content (AvgIpc) is 3.41. The van der Waals surface area contributed by atoms with Crippen molar-refractivity contribution >= 4 is 11.3 Å². The molecule has 3 aromatic heterocycles. The van der Waals surface area contributed by atoms with E-state index in [0.29, 0.717) is 0 Å². The zero-order valence-corrected chi connectivity index (χ0v) is 17.0. The van der Waals surface area contributed by atoms with Crippen LogP contribution in [0.3, 0.4) is 0 Å². The Labute approximate surface area is 175 Å². The molecule has 0 unspecified atom stereocenters. The first-order valence-corrected chi connectivity index (χ1v) is 9.85. The van der Waals surface area contributed by atoms with Crippen LogP contribution in [0, 0.1) is 0 Å². The van der Waals surface area contributed by atoms with Gasteiger partial charge in [-0.1, -0.05) is 42.5 Å². The van der Waals surface area contributed by atoms with Crippen molar-refractivity contribution in [3.05, 3.63) is 91.1 Å². The summed E-state index contributed by atoms with van der Waals surface area (Å²) in [4.78, 5) is 11.2. The van der Waals surface area contributed by atoms with Gasteiger partial charge >= 0.3 is 0 Å². The molecule has 2 aromatic carbocycles. The Bertz CT molecular complexity index is 1300. The number of hydrogen-bond acceptors (Lipinski definition) is 4. The number of nitrogens with zero attached hydrogens (tertiary/aromatic N) is 6. The maximum atomic E-state index is 4.61. The van der Waals surface area contributed by atoms with Crippen molar-refractivity contribution in [1.29, 1.82) is 0 Å². The Hall–Kier alpha value is -3.93. The molecule has 0 amide bonds. The molecule has 0 aliphatic rings. The summed E-state index contributed by atoms with van der Waals surface area (Å²) in [6.07, 6.45) is 9.63. The second-order valence-corrected chi connectivity index (χ2v) is 7.50. The van der Waals surface area contributed by atoms with E-state index in [1.54, 1.807) is 0 Å². The lowest BCUT2D eigenvalue weighted by molar-refractivity contribution is 0.687. The molecule has 148 valence electrons. The number of fused-ring (bicyclic) bond motifs is 1. The molecule has 5 aromatic rings. The normalized spacial score (nSPS) is 11.1. The number of hydrogen-bond donors (Lipinski definition) is 0. The van der Waals surface area contributed by atoms with Crippen LogP contribution in [0.5, 0.6) is 0 Å². The second-order valence-electron chi connectivity index (χ2n) is 7.50. The van der Waals surface area contributed by atoms with Gasteiger partial charge in [0.1, 0.15) is 0 Å². The van der Waals surface area contributed by atoms with E-state index in [1.807, 2.05) is 68.0 Å². The summed E-state index contributed by atoms with van der Waals surface area (Å²) in [6, 6.07) is 18.8. The first-order chi connectivity index (χ1) is 14.7. The van der Waals surface area contributed by atoms with Crippen LogP contribution in [0.15, 0.2) is 85.6 Å². The Morgan fingerprint density at radius 3 is 2.53 bits per heavy atom. The lowest BCUT2D eigenvalue weighted by atomic mass is 10.1. The fourth-order valence-electron chi connectivity index (χ4n) is 3.55. The summed E-state index contributed by atoms with van der Waals surface area (Å²) in [5, 5.41) is 4.51. The molecular formula is C24H22N6. The van der Waals surface area contributed by atoms with Crippen molar-refractivity contribution in [2.45, 2.75) is 6.54 Å². The third-order valence-corrected chi connectivity index (χ3v) is 5.17. The molecule has 0 spiro atoms. The molecule has 0 N–H and O–H groups in total. The number of benzene rings is 2. The average molecular weight is 394 g/mol. The van der Waals surface area contributed by atoms with Gasteiger partial charge in [0.15, 0.2) is 5.65 Å². The molecule has 0 saturated heterocycles. The number of aromatic nitrogens is 5. The molecule has 30 heavy (non-hydrogen) atoms. The van der Waals surface area contributed by atoms with Crippen LogP contribution in [0.25, 0.3) is 28.2 Å². The van der Waals surface area contributed by atoms with Crippen LogP contribution in [0.4, 0.5) is 5.69 Å². The van der Waals surface area contributed by atoms with Gasteiger partial charge in [-0.25, -0.2) is 4.98 Å². The molecule has 5 rings (SSSR count). The Morgan fingerprint density at radius 2 is 1.70 bits per heavy atom. The van der Waals surface area contributed by atoms with Crippen molar-refractivity contribution in [1.82, 2.24) is 24.1 Å².